The first-order valence-electron chi connectivity index (χ1n) is 4.34. The fraction of sp³-hybridized carbons (Fsp3) is 0.222. The molecule has 2 rings (SSSR count). The van der Waals surface area contributed by atoms with E-state index in [0.717, 1.165) is 5.56 Å². The molecule has 0 heterocycles. The van der Waals surface area contributed by atoms with Gasteiger partial charge in [0.15, 0.2) is 5.78 Å². The minimum absolute atomic E-state index is 0.0515. The van der Waals surface area contributed by atoms with E-state index in [0.29, 0.717) is 12.0 Å². The molecule has 0 saturated carbocycles. The summed E-state index contributed by atoms with van der Waals surface area (Å²) in [5, 5.41) is 5.05. The second kappa shape index (κ2) is 3.80. The summed E-state index contributed by atoms with van der Waals surface area (Å²) in [5.74, 6) is -0.142. The average molecular weight is 325 g/mol. The van der Waals surface area contributed by atoms with E-state index in [9.17, 15) is 13.2 Å². The van der Waals surface area contributed by atoms with Crippen LogP contribution in [-0.4, -0.2) is 19.0 Å². The van der Waals surface area contributed by atoms with Crippen molar-refractivity contribution in [2.45, 2.75) is 16.1 Å². The first-order chi connectivity index (χ1) is 7.30. The van der Waals surface area contributed by atoms with Crippen molar-refractivity contribution >= 4 is 43.3 Å². The molecule has 0 saturated heterocycles. The molecule has 7 heteroatoms. The molecule has 0 aromatic heterocycles. The van der Waals surface area contributed by atoms with Crippen molar-refractivity contribution in [1.82, 2.24) is 0 Å². The van der Waals surface area contributed by atoms with Gasteiger partial charge in [-0.3, -0.25) is 4.79 Å². The predicted molar refractivity (Wildman–Crippen MR) is 63.6 cm³/mol. The summed E-state index contributed by atoms with van der Waals surface area (Å²) >= 11 is 9.01. The Bertz CT molecular complexity index is 585. The lowest BCUT2D eigenvalue weighted by atomic mass is 10.1. The van der Waals surface area contributed by atoms with Gasteiger partial charge in [0.05, 0.1) is 9.85 Å². The lowest BCUT2D eigenvalue weighted by Crippen LogP contribution is -2.14. The number of nitrogens with two attached hydrogens (primary N) is 1. The standard InChI is InChI=1S/C9H7BrClNO3S/c10-6-1-4-2-7(11)8(16(12,14)15)3-5(4)9(6)13/h2-3,6H,1H2,(H2,12,14,15). The van der Waals surface area contributed by atoms with Crippen LogP contribution in [0, 0.1) is 0 Å². The second-order valence-electron chi connectivity index (χ2n) is 3.52. The van der Waals surface area contributed by atoms with Gasteiger partial charge in [0.25, 0.3) is 0 Å². The Morgan fingerprint density at radius 3 is 2.62 bits per heavy atom. The number of fused-ring (bicyclic) bond motifs is 1. The maximum Gasteiger partial charge on any atom is 0.239 e. The summed E-state index contributed by atoms with van der Waals surface area (Å²) in [7, 11) is -3.90. The van der Waals surface area contributed by atoms with Gasteiger partial charge in [-0.05, 0) is 24.1 Å². The summed E-state index contributed by atoms with van der Waals surface area (Å²) in [4.78, 5) is 11.1. The van der Waals surface area contributed by atoms with E-state index in [4.69, 9.17) is 16.7 Å². The van der Waals surface area contributed by atoms with Crippen LogP contribution >= 0.6 is 27.5 Å². The van der Waals surface area contributed by atoms with Crippen molar-refractivity contribution in [2.24, 2.45) is 5.14 Å². The van der Waals surface area contributed by atoms with Crippen molar-refractivity contribution in [1.29, 1.82) is 0 Å². The zero-order chi connectivity index (χ0) is 12.1. The first-order valence-corrected chi connectivity index (χ1v) is 7.18. The van der Waals surface area contributed by atoms with E-state index in [1.54, 1.807) is 0 Å². The van der Waals surface area contributed by atoms with Crippen molar-refractivity contribution < 1.29 is 13.2 Å². The molecular formula is C9H7BrClNO3S. The zero-order valence-electron chi connectivity index (χ0n) is 7.91. The summed E-state index contributed by atoms with van der Waals surface area (Å²) in [6.45, 7) is 0. The lowest BCUT2D eigenvalue weighted by molar-refractivity contribution is 0.100. The highest BCUT2D eigenvalue weighted by atomic mass is 79.9. The number of rotatable bonds is 1. The van der Waals surface area contributed by atoms with Gasteiger partial charge < -0.3 is 0 Å². The molecule has 2 N–H and O–H groups in total. The number of carbonyl (C=O) groups is 1. The number of hydrogen-bond donors (Lipinski definition) is 1. The highest BCUT2D eigenvalue weighted by molar-refractivity contribution is 9.10. The van der Waals surface area contributed by atoms with Gasteiger partial charge in [0, 0.05) is 5.56 Å². The Kier molecular flexibility index (Phi) is 2.86. The van der Waals surface area contributed by atoms with Crippen LogP contribution in [0.15, 0.2) is 17.0 Å². The maximum absolute atomic E-state index is 11.7. The Labute approximate surface area is 106 Å². The van der Waals surface area contributed by atoms with Crippen molar-refractivity contribution in [3.63, 3.8) is 0 Å². The molecule has 1 aromatic rings. The number of alkyl halides is 1. The molecule has 4 nitrogen and oxygen atoms in total. The molecule has 0 aliphatic heterocycles. The number of hydrogen-bond acceptors (Lipinski definition) is 3. The average Bonchev–Trinajstić information content (AvgIpc) is 2.39. The summed E-state index contributed by atoms with van der Waals surface area (Å²) < 4.78 is 22.4. The van der Waals surface area contributed by atoms with Crippen molar-refractivity contribution in [2.75, 3.05) is 0 Å². The lowest BCUT2D eigenvalue weighted by Gasteiger charge is -2.04. The molecule has 0 spiro atoms. The van der Waals surface area contributed by atoms with Gasteiger partial charge in [0.1, 0.15) is 4.90 Å². The second-order valence-corrected chi connectivity index (χ2v) is 6.56. The third-order valence-corrected chi connectivity index (χ3v) is 4.53. The van der Waals surface area contributed by atoms with E-state index in [2.05, 4.69) is 15.9 Å². The molecular weight excluding hydrogens is 318 g/mol. The van der Waals surface area contributed by atoms with E-state index in [1.165, 1.54) is 12.1 Å². The smallest absolute Gasteiger partial charge is 0.239 e. The molecule has 1 aliphatic carbocycles. The van der Waals surface area contributed by atoms with Crippen LogP contribution < -0.4 is 5.14 Å². The Balaban J connectivity index is 2.68. The normalized spacial score (nSPS) is 19.9. The number of ketones is 1. The highest BCUT2D eigenvalue weighted by Crippen LogP contribution is 2.32. The van der Waals surface area contributed by atoms with E-state index in [-0.39, 0.29) is 20.5 Å². The number of primary sulfonamides is 1. The van der Waals surface area contributed by atoms with Gasteiger partial charge in [-0.25, -0.2) is 13.6 Å². The maximum atomic E-state index is 11.7. The van der Waals surface area contributed by atoms with Gasteiger partial charge in [-0.15, -0.1) is 0 Å². The summed E-state index contributed by atoms with van der Waals surface area (Å²) in [5.41, 5.74) is 1.11. The SMILES string of the molecule is NS(=O)(=O)c1cc2c(cc1Cl)CC(Br)C2=O. The minimum atomic E-state index is -3.90. The van der Waals surface area contributed by atoms with Crippen LogP contribution in [0.25, 0.3) is 0 Å². The molecule has 1 atom stereocenters. The molecule has 86 valence electrons. The van der Waals surface area contributed by atoms with Gasteiger partial charge in [-0.2, -0.15) is 0 Å². The quantitative estimate of drug-likeness (QED) is 0.795. The molecule has 0 bridgehead atoms. The third kappa shape index (κ3) is 1.90. The number of benzene rings is 1. The zero-order valence-corrected chi connectivity index (χ0v) is 11.1. The number of sulfonamides is 1. The van der Waals surface area contributed by atoms with Crippen LogP contribution in [0.1, 0.15) is 15.9 Å². The van der Waals surface area contributed by atoms with Crippen LogP contribution in [-0.2, 0) is 16.4 Å². The van der Waals surface area contributed by atoms with Gasteiger partial charge in [0.2, 0.25) is 10.0 Å². The highest BCUT2D eigenvalue weighted by Gasteiger charge is 2.30. The molecule has 1 unspecified atom stereocenters. The van der Waals surface area contributed by atoms with E-state index < -0.39 is 10.0 Å². The molecule has 0 radical (unpaired) electrons. The van der Waals surface area contributed by atoms with Crippen LogP contribution in [0.3, 0.4) is 0 Å². The number of carbonyl (C=O) groups excluding carboxylic acids is 1. The largest absolute Gasteiger partial charge is 0.293 e. The molecule has 1 aliphatic rings. The Morgan fingerprint density at radius 1 is 1.44 bits per heavy atom. The molecule has 0 fully saturated rings. The fourth-order valence-corrected chi connectivity index (χ4v) is 3.38. The van der Waals surface area contributed by atoms with E-state index in [1.807, 2.05) is 0 Å². The molecule has 1 aromatic carbocycles. The monoisotopic (exact) mass is 323 g/mol. The van der Waals surface area contributed by atoms with Crippen LogP contribution in [0.5, 0.6) is 0 Å². The Hall–Kier alpha value is -0.430. The predicted octanol–water partition coefficient (Wildman–Crippen LogP) is 1.49. The van der Waals surface area contributed by atoms with Crippen LogP contribution in [0.4, 0.5) is 0 Å². The van der Waals surface area contributed by atoms with Crippen molar-refractivity contribution in [3.05, 3.63) is 28.3 Å². The fourth-order valence-electron chi connectivity index (χ4n) is 1.67. The summed E-state index contributed by atoms with van der Waals surface area (Å²) in [6, 6.07) is 2.73. The molecule has 16 heavy (non-hydrogen) atoms. The first kappa shape index (κ1) is 12.0. The van der Waals surface area contributed by atoms with Crippen LogP contribution in [0.2, 0.25) is 5.02 Å². The van der Waals surface area contributed by atoms with E-state index >= 15 is 0 Å². The Morgan fingerprint density at radius 2 is 2.06 bits per heavy atom. The summed E-state index contributed by atoms with van der Waals surface area (Å²) in [6.07, 6.45) is 0.513. The molecule has 0 amide bonds. The number of halogens is 2. The van der Waals surface area contributed by atoms with Crippen molar-refractivity contribution in [3.8, 4) is 0 Å². The topological polar surface area (TPSA) is 77.2 Å². The third-order valence-electron chi connectivity index (χ3n) is 2.41. The number of Topliss-reactive ketones (excluding diaryl/α,β-unsaturated/α-hetero) is 1. The van der Waals surface area contributed by atoms with Gasteiger partial charge in [-0.1, -0.05) is 27.5 Å². The van der Waals surface area contributed by atoms with Gasteiger partial charge >= 0.3 is 0 Å². The minimum Gasteiger partial charge on any atom is -0.293 e.